The average molecular weight is 435 g/mol. The number of likely N-dealkylation sites (N-methyl/N-ethyl adjacent to an activating group) is 1. The van der Waals surface area contributed by atoms with Crippen molar-refractivity contribution in [2.24, 2.45) is 11.8 Å². The zero-order valence-electron chi connectivity index (χ0n) is 20.1. The monoisotopic (exact) mass is 434 g/mol. The fourth-order valence-electron chi connectivity index (χ4n) is 3.20. The van der Waals surface area contributed by atoms with Crippen molar-refractivity contribution in [1.82, 2.24) is 10.2 Å². The molecule has 1 N–H and O–H groups in total. The summed E-state index contributed by atoms with van der Waals surface area (Å²) in [6.07, 6.45) is 0.369. The molecule has 0 saturated carbocycles. The fraction of sp³-hybridized carbons (Fsp3) is 0.625. The van der Waals surface area contributed by atoms with Crippen molar-refractivity contribution >= 4 is 18.0 Å². The lowest BCUT2D eigenvalue weighted by Crippen LogP contribution is -2.54. The normalized spacial score (nSPS) is 14.4. The van der Waals surface area contributed by atoms with Crippen LogP contribution in [0.2, 0.25) is 0 Å². The van der Waals surface area contributed by atoms with Gasteiger partial charge in [0, 0.05) is 13.1 Å². The minimum absolute atomic E-state index is 0.172. The molecule has 3 atom stereocenters. The van der Waals surface area contributed by atoms with Crippen LogP contribution in [0.25, 0.3) is 0 Å². The van der Waals surface area contributed by atoms with Gasteiger partial charge >= 0.3 is 12.1 Å². The largest absolute Gasteiger partial charge is 0.469 e. The smallest absolute Gasteiger partial charge is 0.410 e. The number of hydrogen-bond donors (Lipinski definition) is 1. The Bertz CT molecular complexity index is 727. The molecule has 2 amide bonds. The van der Waals surface area contributed by atoms with Crippen molar-refractivity contribution in [3.63, 3.8) is 0 Å². The Balaban J connectivity index is 3.10. The Morgan fingerprint density at radius 3 is 2.13 bits per heavy atom. The molecule has 0 saturated heterocycles. The van der Waals surface area contributed by atoms with Crippen molar-refractivity contribution in [1.29, 1.82) is 0 Å². The van der Waals surface area contributed by atoms with E-state index in [1.807, 2.05) is 44.2 Å². The van der Waals surface area contributed by atoms with Gasteiger partial charge in [0.05, 0.1) is 13.0 Å². The number of nitrogens with zero attached hydrogens (tertiary/aromatic N) is 1. The van der Waals surface area contributed by atoms with E-state index in [0.29, 0.717) is 12.8 Å². The van der Waals surface area contributed by atoms with Crippen molar-refractivity contribution < 1.29 is 23.9 Å². The summed E-state index contributed by atoms with van der Waals surface area (Å²) in [5, 5.41) is 3.00. The molecule has 174 valence electrons. The number of esters is 1. The van der Waals surface area contributed by atoms with Crippen LogP contribution in [0.3, 0.4) is 0 Å². The Labute approximate surface area is 186 Å². The van der Waals surface area contributed by atoms with Gasteiger partial charge in [-0.25, -0.2) is 4.79 Å². The predicted molar refractivity (Wildman–Crippen MR) is 120 cm³/mol. The van der Waals surface area contributed by atoms with E-state index in [1.54, 1.807) is 34.7 Å². The van der Waals surface area contributed by atoms with E-state index in [9.17, 15) is 14.4 Å². The number of nitrogens with one attached hydrogen (secondary N) is 1. The molecule has 31 heavy (non-hydrogen) atoms. The van der Waals surface area contributed by atoms with Gasteiger partial charge < -0.3 is 14.8 Å². The number of hydrogen-bond acceptors (Lipinski definition) is 5. The zero-order chi connectivity index (χ0) is 23.8. The molecule has 0 fully saturated rings. The van der Waals surface area contributed by atoms with Crippen LogP contribution in [-0.4, -0.2) is 54.7 Å². The first kappa shape index (κ1) is 26.5. The van der Waals surface area contributed by atoms with E-state index in [-0.39, 0.29) is 11.8 Å². The molecule has 1 aromatic carbocycles. The first-order valence-corrected chi connectivity index (χ1v) is 10.7. The first-order chi connectivity index (χ1) is 14.4. The van der Waals surface area contributed by atoms with E-state index in [0.717, 1.165) is 5.56 Å². The third-order valence-corrected chi connectivity index (χ3v) is 4.95. The van der Waals surface area contributed by atoms with Crippen LogP contribution >= 0.6 is 0 Å². The van der Waals surface area contributed by atoms with Crippen LogP contribution in [-0.2, 0) is 25.5 Å². The molecule has 0 aliphatic carbocycles. The molecule has 0 radical (unpaired) electrons. The van der Waals surface area contributed by atoms with Crippen LogP contribution in [0.4, 0.5) is 4.79 Å². The molecular weight excluding hydrogens is 396 g/mol. The lowest BCUT2D eigenvalue weighted by Gasteiger charge is -2.33. The second-order valence-corrected chi connectivity index (χ2v) is 9.35. The maximum absolute atomic E-state index is 13.3. The summed E-state index contributed by atoms with van der Waals surface area (Å²) in [7, 11) is 2.90. The van der Waals surface area contributed by atoms with E-state index in [4.69, 9.17) is 9.47 Å². The van der Waals surface area contributed by atoms with Crippen LogP contribution < -0.4 is 5.32 Å². The SMILES string of the molecule is COC(=O)C(C)C(Cc1ccccc1)NC(=O)C(CC(C)C)N(C)C(=O)OC(C)(C)C. The number of ether oxygens (including phenoxy) is 2. The van der Waals surface area contributed by atoms with Gasteiger partial charge in [-0.1, -0.05) is 44.2 Å². The molecule has 3 unspecified atom stereocenters. The Hall–Kier alpha value is -2.57. The summed E-state index contributed by atoms with van der Waals surface area (Å²) >= 11 is 0. The number of carbonyl (C=O) groups excluding carboxylic acids is 3. The number of rotatable bonds is 9. The van der Waals surface area contributed by atoms with Gasteiger partial charge in [-0.2, -0.15) is 0 Å². The highest BCUT2D eigenvalue weighted by Crippen LogP contribution is 2.18. The molecule has 0 aromatic heterocycles. The number of benzene rings is 1. The van der Waals surface area contributed by atoms with Gasteiger partial charge in [0.15, 0.2) is 0 Å². The van der Waals surface area contributed by atoms with E-state index in [1.165, 1.54) is 12.0 Å². The molecule has 1 rings (SSSR count). The number of methoxy groups -OCH3 is 1. The summed E-state index contributed by atoms with van der Waals surface area (Å²) in [6.45, 7) is 11.1. The first-order valence-electron chi connectivity index (χ1n) is 10.7. The topological polar surface area (TPSA) is 84.9 Å². The quantitative estimate of drug-likeness (QED) is 0.598. The predicted octanol–water partition coefficient (Wildman–Crippen LogP) is 3.80. The Morgan fingerprint density at radius 1 is 1.06 bits per heavy atom. The maximum Gasteiger partial charge on any atom is 0.410 e. The molecule has 0 bridgehead atoms. The van der Waals surface area contributed by atoms with Crippen molar-refractivity contribution in [3.05, 3.63) is 35.9 Å². The van der Waals surface area contributed by atoms with E-state index < -0.39 is 35.7 Å². The highest BCUT2D eigenvalue weighted by molar-refractivity contribution is 5.86. The van der Waals surface area contributed by atoms with E-state index >= 15 is 0 Å². The molecule has 0 heterocycles. The second kappa shape index (κ2) is 11.7. The number of carbonyl (C=O) groups is 3. The third kappa shape index (κ3) is 8.99. The minimum Gasteiger partial charge on any atom is -0.469 e. The highest BCUT2D eigenvalue weighted by Gasteiger charge is 2.34. The second-order valence-electron chi connectivity index (χ2n) is 9.35. The van der Waals surface area contributed by atoms with Crippen LogP contribution in [0.15, 0.2) is 30.3 Å². The Kier molecular flexibility index (Phi) is 10.0. The van der Waals surface area contributed by atoms with Crippen molar-refractivity contribution in [3.8, 4) is 0 Å². The van der Waals surface area contributed by atoms with E-state index in [2.05, 4.69) is 5.32 Å². The Morgan fingerprint density at radius 2 is 1.65 bits per heavy atom. The van der Waals surface area contributed by atoms with Gasteiger partial charge in [0.2, 0.25) is 5.91 Å². The average Bonchev–Trinajstić information content (AvgIpc) is 2.69. The van der Waals surface area contributed by atoms with Gasteiger partial charge in [0.25, 0.3) is 0 Å². The molecular formula is C24H38N2O5. The van der Waals surface area contributed by atoms with Crippen molar-refractivity contribution in [2.45, 2.75) is 72.1 Å². The van der Waals surface area contributed by atoms with Gasteiger partial charge in [-0.3, -0.25) is 14.5 Å². The van der Waals surface area contributed by atoms with Gasteiger partial charge in [0.1, 0.15) is 11.6 Å². The van der Waals surface area contributed by atoms with Gasteiger partial charge in [-0.05, 0) is 52.0 Å². The molecule has 0 spiro atoms. The highest BCUT2D eigenvalue weighted by atomic mass is 16.6. The molecule has 7 nitrogen and oxygen atoms in total. The zero-order valence-corrected chi connectivity index (χ0v) is 20.1. The van der Waals surface area contributed by atoms with Crippen molar-refractivity contribution in [2.75, 3.05) is 14.2 Å². The lowest BCUT2D eigenvalue weighted by molar-refractivity contribution is -0.146. The summed E-state index contributed by atoms with van der Waals surface area (Å²) in [5.41, 5.74) is 0.323. The molecule has 0 aliphatic rings. The third-order valence-electron chi connectivity index (χ3n) is 4.95. The maximum atomic E-state index is 13.3. The summed E-state index contributed by atoms with van der Waals surface area (Å²) < 4.78 is 10.4. The molecule has 7 heteroatoms. The molecule has 0 aliphatic heterocycles. The lowest BCUT2D eigenvalue weighted by atomic mass is 9.93. The van der Waals surface area contributed by atoms with Gasteiger partial charge in [-0.15, -0.1) is 0 Å². The fourth-order valence-corrected chi connectivity index (χ4v) is 3.20. The summed E-state index contributed by atoms with van der Waals surface area (Å²) in [5.74, 6) is -1.10. The van der Waals surface area contributed by atoms with Crippen LogP contribution in [0, 0.1) is 11.8 Å². The summed E-state index contributed by atoms with van der Waals surface area (Å²) in [6, 6.07) is 8.42. The summed E-state index contributed by atoms with van der Waals surface area (Å²) in [4.78, 5) is 39.4. The standard InChI is InChI=1S/C24H38N2O5/c1-16(2)14-20(26(7)23(29)31-24(4,5)6)21(27)25-19(17(3)22(28)30-8)15-18-12-10-9-11-13-18/h9-13,16-17,19-20H,14-15H2,1-8H3,(H,25,27). The molecule has 1 aromatic rings. The van der Waals surface area contributed by atoms with Crippen LogP contribution in [0.1, 0.15) is 53.5 Å². The number of amides is 2. The minimum atomic E-state index is -0.724. The van der Waals surface area contributed by atoms with Crippen LogP contribution in [0.5, 0.6) is 0 Å².